The van der Waals surface area contributed by atoms with Gasteiger partial charge in [-0.25, -0.2) is 0 Å². The number of carbonyl (C=O) groups is 3. The molecule has 0 aromatic rings. The van der Waals surface area contributed by atoms with Crippen molar-refractivity contribution >= 4 is 17.7 Å². The van der Waals surface area contributed by atoms with Gasteiger partial charge in [0.05, 0.1) is 11.6 Å². The second-order valence-corrected chi connectivity index (χ2v) is 13.4. The molecule has 41 heavy (non-hydrogen) atoms. The summed E-state index contributed by atoms with van der Waals surface area (Å²) in [7, 11) is 1.56. The molecule has 0 saturated heterocycles. The van der Waals surface area contributed by atoms with Crippen molar-refractivity contribution in [3.63, 3.8) is 0 Å². The molecule has 3 fully saturated rings. The summed E-state index contributed by atoms with van der Waals surface area (Å²) in [5.74, 6) is -1.81. The number of methoxy groups -OCH3 is 1. The van der Waals surface area contributed by atoms with Gasteiger partial charge in [-0.15, -0.1) is 0 Å². The Hall–Kier alpha value is -1.51. The van der Waals surface area contributed by atoms with E-state index in [0.29, 0.717) is 32.1 Å². The number of allylic oxidation sites excluding steroid dienone is 7. The fourth-order valence-corrected chi connectivity index (χ4v) is 8.23. The summed E-state index contributed by atoms with van der Waals surface area (Å²) in [6.45, 7) is 14.6. The Morgan fingerprint density at radius 1 is 1.07 bits per heavy atom. The van der Waals surface area contributed by atoms with Crippen LogP contribution in [-0.4, -0.2) is 47.7 Å². The first-order valence-electron chi connectivity index (χ1n) is 14.3. The molecule has 7 atom stereocenters. The van der Waals surface area contributed by atoms with Gasteiger partial charge in [0, 0.05) is 36.9 Å². The molecule has 4 unspecified atom stereocenters. The van der Waals surface area contributed by atoms with Crippen LogP contribution < -0.4 is 34.7 Å². The largest absolute Gasteiger partial charge is 1.00 e. The van der Waals surface area contributed by atoms with E-state index in [-0.39, 0.29) is 52.6 Å². The van der Waals surface area contributed by atoms with E-state index in [0.717, 1.165) is 16.7 Å². The van der Waals surface area contributed by atoms with E-state index in [9.17, 15) is 24.6 Å². The van der Waals surface area contributed by atoms with Gasteiger partial charge in [0.1, 0.15) is 12.2 Å². The Morgan fingerprint density at radius 2 is 1.71 bits per heavy atom. The minimum Gasteiger partial charge on any atom is -0.549 e. The molecule has 0 spiro atoms. The average molecular weight is 579 g/mol. The molecule has 7 nitrogen and oxygen atoms in total. The number of ketones is 1. The zero-order chi connectivity index (χ0) is 30.3. The predicted molar refractivity (Wildman–Crippen MR) is 152 cm³/mol. The minimum atomic E-state index is -1.31. The van der Waals surface area contributed by atoms with E-state index in [1.807, 2.05) is 44.2 Å². The Bertz CT molecular complexity index is 1160. The maximum absolute atomic E-state index is 13.6. The van der Waals surface area contributed by atoms with Crippen molar-refractivity contribution in [1.82, 2.24) is 0 Å². The van der Waals surface area contributed by atoms with Crippen LogP contribution >= 0.6 is 0 Å². The monoisotopic (exact) mass is 578 g/mol. The van der Waals surface area contributed by atoms with E-state index in [1.54, 1.807) is 27.9 Å². The first-order chi connectivity index (χ1) is 18.4. The average Bonchev–Trinajstić information content (AvgIpc) is 3.11. The SMILES string of the molecule is COC(/C=C/C(C)=C/C=C/C(C)=C1\C(=O)C[C@@H]2C1(C)CCC1[C@@](C)(C(=O)[O-])C(OC(C)=O)CC[C@@]12C)C(C)(C)O.[Na+]. The number of hydrogen-bond donors (Lipinski definition) is 1. The Kier molecular flexibility index (Phi) is 11.3. The summed E-state index contributed by atoms with van der Waals surface area (Å²) < 4.78 is 10.9. The van der Waals surface area contributed by atoms with Crippen LogP contribution in [0, 0.1) is 28.1 Å². The van der Waals surface area contributed by atoms with Crippen LogP contribution in [0.3, 0.4) is 0 Å². The Labute approximate surface area is 267 Å². The number of Topliss-reactive ketones (excluding diaryl/α,β-unsaturated/α-hetero) is 1. The molecule has 1 N–H and O–H groups in total. The van der Waals surface area contributed by atoms with Gasteiger partial charge in [-0.3, -0.25) is 9.59 Å². The van der Waals surface area contributed by atoms with Crippen molar-refractivity contribution < 1.29 is 63.6 Å². The zero-order valence-electron chi connectivity index (χ0n) is 26.6. The van der Waals surface area contributed by atoms with Crippen LogP contribution in [0.5, 0.6) is 0 Å². The topological polar surface area (TPSA) is 113 Å². The molecule has 0 aromatic carbocycles. The second kappa shape index (κ2) is 13.0. The van der Waals surface area contributed by atoms with E-state index in [2.05, 4.69) is 13.8 Å². The van der Waals surface area contributed by atoms with Gasteiger partial charge < -0.3 is 24.5 Å². The molecule has 0 aliphatic heterocycles. The van der Waals surface area contributed by atoms with E-state index >= 15 is 0 Å². The Balaban J connectivity index is 0.00000588. The van der Waals surface area contributed by atoms with Crippen LogP contribution in [-0.2, 0) is 23.9 Å². The van der Waals surface area contributed by atoms with Gasteiger partial charge in [-0.2, -0.15) is 0 Å². The molecular weight excluding hydrogens is 531 g/mol. The number of fused-ring (bicyclic) bond motifs is 3. The third kappa shape index (κ3) is 6.70. The smallest absolute Gasteiger partial charge is 0.549 e. The first kappa shape index (κ1) is 35.7. The number of esters is 1. The van der Waals surface area contributed by atoms with E-state index in [1.165, 1.54) is 6.92 Å². The summed E-state index contributed by atoms with van der Waals surface area (Å²) in [5.41, 5.74) is -0.338. The van der Waals surface area contributed by atoms with Crippen LogP contribution in [0.4, 0.5) is 0 Å². The predicted octanol–water partition coefficient (Wildman–Crippen LogP) is 1.64. The molecule has 3 rings (SSSR count). The van der Waals surface area contributed by atoms with Crippen LogP contribution in [0.25, 0.3) is 0 Å². The van der Waals surface area contributed by atoms with Crippen molar-refractivity contribution in [3.05, 3.63) is 47.1 Å². The number of aliphatic hydroxyl groups is 1. The normalized spacial score (nSPS) is 36.0. The maximum atomic E-state index is 13.6. The third-order valence-electron chi connectivity index (χ3n) is 10.2. The zero-order valence-corrected chi connectivity index (χ0v) is 28.6. The number of carboxylic acid groups (broad SMARTS) is 1. The van der Waals surface area contributed by atoms with Crippen LogP contribution in [0.15, 0.2) is 47.1 Å². The van der Waals surface area contributed by atoms with Gasteiger partial charge in [0.15, 0.2) is 5.78 Å². The number of aliphatic carboxylic acids is 1. The van der Waals surface area contributed by atoms with Crippen molar-refractivity contribution in [2.24, 2.45) is 28.1 Å². The summed E-state index contributed by atoms with van der Waals surface area (Å²) >= 11 is 0. The number of ether oxygens (including phenoxy) is 2. The second-order valence-electron chi connectivity index (χ2n) is 13.4. The van der Waals surface area contributed by atoms with E-state index in [4.69, 9.17) is 9.47 Å². The number of rotatable bonds is 8. The van der Waals surface area contributed by atoms with Gasteiger partial charge in [0.2, 0.25) is 0 Å². The molecule has 3 saturated carbocycles. The van der Waals surface area contributed by atoms with Gasteiger partial charge in [0.25, 0.3) is 0 Å². The van der Waals surface area contributed by atoms with Gasteiger partial charge in [-0.05, 0) is 76.2 Å². The third-order valence-corrected chi connectivity index (χ3v) is 10.2. The van der Waals surface area contributed by atoms with Crippen LogP contribution in [0.1, 0.15) is 87.5 Å². The summed E-state index contributed by atoms with van der Waals surface area (Å²) in [6, 6.07) is 0. The molecule has 0 radical (unpaired) electrons. The van der Waals surface area contributed by atoms with Gasteiger partial charge in [-0.1, -0.05) is 56.7 Å². The number of carboxylic acids is 1. The molecule has 3 aliphatic carbocycles. The summed E-state index contributed by atoms with van der Waals surface area (Å²) in [4.78, 5) is 37.9. The van der Waals surface area contributed by atoms with Crippen molar-refractivity contribution in [2.75, 3.05) is 7.11 Å². The molecule has 8 heteroatoms. The van der Waals surface area contributed by atoms with Crippen molar-refractivity contribution in [3.8, 4) is 0 Å². The molecule has 222 valence electrons. The van der Waals surface area contributed by atoms with E-state index < -0.39 is 40.6 Å². The summed E-state index contributed by atoms with van der Waals surface area (Å²) in [6.07, 6.45) is 11.2. The standard InChI is InChI=1S/C33H48O7.Na/c1-20(13-14-26(39-9)30(4,5)38)11-10-12-21(2)28-23(35)19-25-31(6)18-16-27(40-22(3)34)33(8,29(36)37)24(31)15-17-32(25,28)7;/h10-14,24-27,38H,15-19H2,1-9H3,(H,36,37);/q;+1/p-1/b12-10+,14-13+,20-11+,28-21+;/t24?,25-,26?,27?,31-,32?,33+;/m0./s1. The fourth-order valence-electron chi connectivity index (χ4n) is 8.23. The quantitative estimate of drug-likeness (QED) is 0.202. The molecule has 0 aromatic heterocycles. The number of carbonyl (C=O) groups excluding carboxylic acids is 3. The minimum absolute atomic E-state index is 0. The fraction of sp³-hybridized carbons (Fsp3) is 0.667. The number of hydrogen-bond acceptors (Lipinski definition) is 7. The maximum Gasteiger partial charge on any atom is 1.00 e. The first-order valence-corrected chi connectivity index (χ1v) is 14.3. The van der Waals surface area contributed by atoms with Gasteiger partial charge >= 0.3 is 35.5 Å². The van der Waals surface area contributed by atoms with Crippen molar-refractivity contribution in [2.45, 2.75) is 105 Å². The molecule has 0 amide bonds. The molecule has 3 aliphatic rings. The molecule has 0 bridgehead atoms. The molecule has 0 heterocycles. The van der Waals surface area contributed by atoms with Crippen molar-refractivity contribution in [1.29, 1.82) is 0 Å². The summed E-state index contributed by atoms with van der Waals surface area (Å²) in [5, 5.41) is 22.8. The Morgan fingerprint density at radius 3 is 2.24 bits per heavy atom. The molecular formula is C33H47NaO7. The van der Waals surface area contributed by atoms with Crippen LogP contribution in [0.2, 0.25) is 0 Å².